The van der Waals surface area contributed by atoms with Crippen LogP contribution in [0, 0.1) is 10.1 Å². The highest BCUT2D eigenvalue weighted by atomic mass is 35.5. The predicted octanol–water partition coefficient (Wildman–Crippen LogP) is 0.594. The van der Waals surface area contributed by atoms with Crippen LogP contribution < -0.4 is 5.14 Å². The third-order valence-electron chi connectivity index (χ3n) is 1.78. The fraction of sp³-hybridized carbons (Fsp3) is 0. The lowest BCUT2D eigenvalue weighted by molar-refractivity contribution is -0.385. The lowest BCUT2D eigenvalue weighted by Gasteiger charge is -2.04. The minimum atomic E-state index is -4.25. The van der Waals surface area contributed by atoms with E-state index in [1.54, 1.807) is 0 Å². The van der Waals surface area contributed by atoms with Gasteiger partial charge in [0.25, 0.3) is 5.69 Å². The third kappa shape index (κ3) is 2.70. The molecule has 8 nitrogen and oxygen atoms in total. The highest BCUT2D eigenvalue weighted by molar-refractivity contribution is 7.89. The smallest absolute Gasteiger partial charge is 0.342 e. The van der Waals surface area contributed by atoms with Gasteiger partial charge in [-0.3, -0.25) is 10.1 Å². The Labute approximate surface area is 99.8 Å². The third-order valence-corrected chi connectivity index (χ3v) is 3.16. The van der Waals surface area contributed by atoms with E-state index in [0.29, 0.717) is 12.1 Å². The Hall–Kier alpha value is -1.71. The van der Waals surface area contributed by atoms with Crippen molar-refractivity contribution >= 4 is 33.3 Å². The number of aromatic carboxylic acids is 1. The molecule has 0 heterocycles. The summed E-state index contributed by atoms with van der Waals surface area (Å²) in [4.78, 5) is 19.6. The summed E-state index contributed by atoms with van der Waals surface area (Å²) < 4.78 is 22.1. The normalized spacial score (nSPS) is 11.2. The molecule has 0 aromatic heterocycles. The van der Waals surface area contributed by atoms with Crippen molar-refractivity contribution in [2.75, 3.05) is 0 Å². The van der Waals surface area contributed by atoms with Gasteiger partial charge in [0.05, 0.1) is 9.95 Å². The second-order valence-corrected chi connectivity index (χ2v) is 4.84. The van der Waals surface area contributed by atoms with Crippen molar-refractivity contribution in [1.82, 2.24) is 0 Å². The molecular weight excluding hydrogens is 276 g/mol. The number of halogens is 1. The lowest BCUT2D eigenvalue weighted by Crippen LogP contribution is -2.14. The quantitative estimate of drug-likeness (QED) is 0.613. The number of nitrogens with zero attached hydrogens (tertiary/aromatic N) is 1. The molecule has 10 heteroatoms. The van der Waals surface area contributed by atoms with Crippen molar-refractivity contribution in [2.45, 2.75) is 4.90 Å². The SMILES string of the molecule is NS(=O)(=O)c1cc(C(=O)O)c([N+](=O)[O-])cc1Cl. The molecule has 3 N–H and O–H groups in total. The van der Waals surface area contributed by atoms with Gasteiger partial charge in [0.1, 0.15) is 10.5 Å². The molecule has 0 fully saturated rings. The van der Waals surface area contributed by atoms with Gasteiger partial charge in [-0.15, -0.1) is 0 Å². The van der Waals surface area contributed by atoms with Crippen LogP contribution in [0.1, 0.15) is 10.4 Å². The topological polar surface area (TPSA) is 141 Å². The van der Waals surface area contributed by atoms with E-state index in [4.69, 9.17) is 21.8 Å². The van der Waals surface area contributed by atoms with E-state index in [-0.39, 0.29) is 0 Å². The average molecular weight is 281 g/mol. The van der Waals surface area contributed by atoms with Gasteiger partial charge >= 0.3 is 5.97 Å². The van der Waals surface area contributed by atoms with E-state index in [9.17, 15) is 23.3 Å². The van der Waals surface area contributed by atoms with E-state index in [1.165, 1.54) is 0 Å². The van der Waals surface area contributed by atoms with Crippen LogP contribution >= 0.6 is 11.6 Å². The van der Waals surface area contributed by atoms with Crippen molar-refractivity contribution in [1.29, 1.82) is 0 Å². The van der Waals surface area contributed by atoms with Crippen LogP contribution in [0.5, 0.6) is 0 Å². The molecule has 0 unspecified atom stereocenters. The number of carboxylic acids is 1. The minimum Gasteiger partial charge on any atom is -0.477 e. The summed E-state index contributed by atoms with van der Waals surface area (Å²) in [6.45, 7) is 0. The molecule has 1 aromatic rings. The molecule has 0 aliphatic heterocycles. The van der Waals surface area contributed by atoms with Crippen molar-refractivity contribution in [3.63, 3.8) is 0 Å². The summed E-state index contributed by atoms with van der Waals surface area (Å²) in [7, 11) is -4.25. The number of benzene rings is 1. The Bertz CT molecular complexity index is 611. The Morgan fingerprint density at radius 1 is 1.47 bits per heavy atom. The molecule has 1 rings (SSSR count). The number of rotatable bonds is 3. The van der Waals surface area contributed by atoms with Crippen molar-refractivity contribution in [3.8, 4) is 0 Å². The lowest BCUT2D eigenvalue weighted by atomic mass is 10.2. The van der Waals surface area contributed by atoms with Crippen LogP contribution in [-0.2, 0) is 10.0 Å². The first-order valence-electron chi connectivity index (χ1n) is 3.88. The second-order valence-electron chi connectivity index (χ2n) is 2.91. The van der Waals surface area contributed by atoms with Crippen LogP contribution in [0.3, 0.4) is 0 Å². The van der Waals surface area contributed by atoms with Crippen molar-refractivity contribution in [3.05, 3.63) is 32.8 Å². The number of hydrogen-bond acceptors (Lipinski definition) is 5. The maximum Gasteiger partial charge on any atom is 0.342 e. The molecule has 0 spiro atoms. The largest absolute Gasteiger partial charge is 0.477 e. The maximum absolute atomic E-state index is 11.0. The van der Waals surface area contributed by atoms with E-state index in [0.717, 1.165) is 0 Å². The van der Waals surface area contributed by atoms with Crippen LogP contribution in [0.4, 0.5) is 5.69 Å². The zero-order valence-electron chi connectivity index (χ0n) is 7.95. The number of carboxylic acid groups (broad SMARTS) is 1. The van der Waals surface area contributed by atoms with Crippen molar-refractivity contribution < 1.29 is 23.2 Å². The van der Waals surface area contributed by atoms with Gasteiger partial charge in [0.15, 0.2) is 0 Å². The van der Waals surface area contributed by atoms with Gasteiger partial charge in [-0.25, -0.2) is 18.4 Å². The Morgan fingerprint density at radius 2 is 2.00 bits per heavy atom. The van der Waals surface area contributed by atoms with E-state index in [1.807, 2.05) is 0 Å². The summed E-state index contributed by atoms with van der Waals surface area (Å²) in [5.74, 6) is -1.65. The highest BCUT2D eigenvalue weighted by Crippen LogP contribution is 2.29. The summed E-state index contributed by atoms with van der Waals surface area (Å²) in [6.07, 6.45) is 0. The monoisotopic (exact) mass is 280 g/mol. The van der Waals surface area contributed by atoms with Crippen LogP contribution in [-0.4, -0.2) is 24.4 Å². The molecule has 92 valence electrons. The number of nitro groups is 1. The molecule has 0 aliphatic rings. The Kier molecular flexibility index (Phi) is 3.36. The molecule has 0 atom stereocenters. The molecule has 0 radical (unpaired) electrons. The Balaban J connectivity index is 3.69. The molecule has 0 aliphatic carbocycles. The zero-order chi connectivity index (χ0) is 13.4. The summed E-state index contributed by atoms with van der Waals surface area (Å²) in [5.41, 5.74) is -1.61. The molecule has 0 saturated carbocycles. The predicted molar refractivity (Wildman–Crippen MR) is 56.4 cm³/mol. The van der Waals surface area contributed by atoms with E-state index in [2.05, 4.69) is 0 Å². The second kappa shape index (κ2) is 4.28. The summed E-state index contributed by atoms with van der Waals surface area (Å²) >= 11 is 5.48. The fourth-order valence-electron chi connectivity index (χ4n) is 1.08. The number of nitrogens with two attached hydrogens (primary N) is 1. The first-order chi connectivity index (χ1) is 7.64. The first kappa shape index (κ1) is 13.4. The van der Waals surface area contributed by atoms with E-state index >= 15 is 0 Å². The average Bonchev–Trinajstić information content (AvgIpc) is 2.14. The fourth-order valence-corrected chi connectivity index (χ4v) is 2.18. The molecule has 17 heavy (non-hydrogen) atoms. The molecule has 0 saturated heterocycles. The first-order valence-corrected chi connectivity index (χ1v) is 5.81. The van der Waals surface area contributed by atoms with Gasteiger partial charge in [-0.2, -0.15) is 0 Å². The summed E-state index contributed by atoms with van der Waals surface area (Å²) in [5, 5.41) is 23.5. The summed E-state index contributed by atoms with van der Waals surface area (Å²) in [6, 6.07) is 1.18. The van der Waals surface area contributed by atoms with Gasteiger partial charge < -0.3 is 5.11 Å². The molecular formula is C7H5ClN2O6S. The standard InChI is InChI=1S/C7H5ClN2O6S/c8-4-2-5(10(13)14)3(7(11)12)1-6(4)17(9,15)16/h1-2H,(H,11,12)(H2,9,15,16). The minimum absolute atomic E-state index is 0.510. The van der Waals surface area contributed by atoms with Crippen LogP contribution in [0.15, 0.2) is 17.0 Å². The zero-order valence-corrected chi connectivity index (χ0v) is 9.53. The number of primary sulfonamides is 1. The van der Waals surface area contributed by atoms with Gasteiger partial charge in [-0.1, -0.05) is 11.6 Å². The van der Waals surface area contributed by atoms with Gasteiger partial charge in [0, 0.05) is 6.07 Å². The number of sulfonamides is 1. The van der Waals surface area contributed by atoms with Crippen molar-refractivity contribution in [2.24, 2.45) is 5.14 Å². The highest BCUT2D eigenvalue weighted by Gasteiger charge is 2.25. The molecule has 1 aromatic carbocycles. The number of hydrogen-bond donors (Lipinski definition) is 2. The number of carbonyl (C=O) groups is 1. The maximum atomic E-state index is 11.0. The number of nitro benzene ring substituents is 1. The van der Waals surface area contributed by atoms with Gasteiger partial charge in [0.2, 0.25) is 10.0 Å². The van der Waals surface area contributed by atoms with Gasteiger partial charge in [-0.05, 0) is 6.07 Å². The molecule has 0 amide bonds. The van der Waals surface area contributed by atoms with Crippen LogP contribution in [0.25, 0.3) is 0 Å². The van der Waals surface area contributed by atoms with E-state index < -0.39 is 42.1 Å². The molecule has 0 bridgehead atoms. The Morgan fingerprint density at radius 3 is 2.35 bits per heavy atom. The van der Waals surface area contributed by atoms with Crippen LogP contribution in [0.2, 0.25) is 5.02 Å².